The lowest BCUT2D eigenvalue weighted by Crippen LogP contribution is -2.41. The van der Waals surface area contributed by atoms with Gasteiger partial charge in [-0.3, -0.25) is 14.2 Å². The zero-order chi connectivity index (χ0) is 26.9. The van der Waals surface area contributed by atoms with Crippen LogP contribution in [0.5, 0.6) is 5.75 Å². The Kier molecular flexibility index (Phi) is 9.24. The number of para-hydroxylation sites is 1. The van der Waals surface area contributed by atoms with Crippen molar-refractivity contribution in [1.82, 2.24) is 14.9 Å². The monoisotopic (exact) mass is 515 g/mol. The summed E-state index contributed by atoms with van der Waals surface area (Å²) in [5.74, 6) is 0.875. The van der Waals surface area contributed by atoms with Crippen molar-refractivity contribution in [2.24, 2.45) is 7.05 Å². The number of ether oxygens (including phenoxy) is 2. The third-order valence-electron chi connectivity index (χ3n) is 6.30. The molecule has 8 nitrogen and oxygen atoms in total. The van der Waals surface area contributed by atoms with Gasteiger partial charge in [0.15, 0.2) is 0 Å². The Morgan fingerprint density at radius 1 is 1.03 bits per heavy atom. The second-order valence-corrected chi connectivity index (χ2v) is 9.06. The quantitative estimate of drug-likeness (QED) is 0.298. The van der Waals surface area contributed by atoms with Crippen molar-refractivity contribution >= 4 is 16.8 Å². The molecule has 0 bridgehead atoms. The molecular formula is C30H33N3O5. The van der Waals surface area contributed by atoms with E-state index in [1.807, 2.05) is 79.7 Å². The summed E-state index contributed by atoms with van der Waals surface area (Å²) in [6.07, 6.45) is 0.458. The maximum Gasteiger partial charge on any atom is 0.261 e. The fourth-order valence-electron chi connectivity index (χ4n) is 4.15. The fourth-order valence-corrected chi connectivity index (χ4v) is 4.15. The predicted molar refractivity (Wildman–Crippen MR) is 146 cm³/mol. The highest BCUT2D eigenvalue weighted by molar-refractivity contribution is 5.81. The van der Waals surface area contributed by atoms with Crippen LogP contribution in [-0.2, 0) is 29.6 Å². The van der Waals surface area contributed by atoms with Crippen LogP contribution in [0.4, 0.5) is 0 Å². The zero-order valence-electron chi connectivity index (χ0n) is 21.7. The molecule has 8 heteroatoms. The lowest BCUT2D eigenvalue weighted by molar-refractivity contribution is -0.134. The van der Waals surface area contributed by atoms with E-state index >= 15 is 0 Å². The number of carbonyl (C=O) groups is 1. The molecule has 0 radical (unpaired) electrons. The maximum absolute atomic E-state index is 13.1. The molecule has 1 amide bonds. The largest absolute Gasteiger partial charge is 0.486 e. The first-order valence-corrected chi connectivity index (χ1v) is 12.7. The van der Waals surface area contributed by atoms with Gasteiger partial charge in [0.2, 0.25) is 5.91 Å². The summed E-state index contributed by atoms with van der Waals surface area (Å²) in [7, 11) is 1.68. The first kappa shape index (κ1) is 27.0. The zero-order valence-corrected chi connectivity index (χ0v) is 21.7. The molecule has 2 N–H and O–H groups in total. The van der Waals surface area contributed by atoms with Crippen molar-refractivity contribution in [2.45, 2.75) is 38.5 Å². The van der Waals surface area contributed by atoms with Crippen LogP contribution in [-0.4, -0.2) is 39.9 Å². The number of nitrogens with one attached hydrogen (secondary N) is 1. The van der Waals surface area contributed by atoms with E-state index in [1.165, 1.54) is 4.57 Å². The molecule has 3 aromatic carbocycles. The molecule has 0 aliphatic carbocycles. The molecule has 0 saturated heterocycles. The Balaban J connectivity index is 1.41. The average molecular weight is 516 g/mol. The molecule has 4 aromatic rings. The molecule has 0 aliphatic rings. The molecule has 4 rings (SSSR count). The minimum Gasteiger partial charge on any atom is -0.486 e. The van der Waals surface area contributed by atoms with E-state index in [0.717, 1.165) is 17.5 Å². The average Bonchev–Trinajstić information content (AvgIpc) is 2.96. The highest BCUT2D eigenvalue weighted by Gasteiger charge is 2.23. The third kappa shape index (κ3) is 6.65. The second kappa shape index (κ2) is 13.0. The molecule has 0 spiro atoms. The first-order valence-electron chi connectivity index (χ1n) is 12.7. The fraction of sp³-hybridized carbons (Fsp3) is 0.300. The Bertz CT molecular complexity index is 1400. The first-order chi connectivity index (χ1) is 18.5. The van der Waals surface area contributed by atoms with Crippen molar-refractivity contribution in [3.05, 3.63) is 106 Å². The van der Waals surface area contributed by atoms with Gasteiger partial charge in [0.05, 0.1) is 23.6 Å². The minimum absolute atomic E-state index is 0.114. The van der Waals surface area contributed by atoms with Crippen LogP contribution in [0.3, 0.4) is 0 Å². The van der Waals surface area contributed by atoms with Gasteiger partial charge in [-0.1, -0.05) is 61.5 Å². The third-order valence-corrected chi connectivity index (χ3v) is 6.30. The van der Waals surface area contributed by atoms with Gasteiger partial charge in [0, 0.05) is 20.1 Å². The van der Waals surface area contributed by atoms with Crippen LogP contribution >= 0.6 is 0 Å². The SMILES string of the molecule is CCCOC(Cc1ccc(OCc2nc3ccccc3c(=O)n2C)cc1)C(=O)NC(CO)c1ccccc1. The number of fused-ring (bicyclic) bond motifs is 1. The molecule has 0 fully saturated rings. The summed E-state index contributed by atoms with van der Waals surface area (Å²) in [6.45, 7) is 2.37. The van der Waals surface area contributed by atoms with Gasteiger partial charge in [-0.25, -0.2) is 4.98 Å². The van der Waals surface area contributed by atoms with Crippen molar-refractivity contribution in [3.8, 4) is 5.75 Å². The van der Waals surface area contributed by atoms with Crippen LogP contribution in [0.25, 0.3) is 10.9 Å². The van der Waals surface area contributed by atoms with Crippen molar-refractivity contribution in [1.29, 1.82) is 0 Å². The lowest BCUT2D eigenvalue weighted by atomic mass is 10.0. The molecule has 1 heterocycles. The Labute approximate surface area is 221 Å². The summed E-state index contributed by atoms with van der Waals surface area (Å²) < 4.78 is 13.3. The molecule has 2 atom stereocenters. The van der Waals surface area contributed by atoms with E-state index in [4.69, 9.17) is 9.47 Å². The molecule has 198 valence electrons. The second-order valence-electron chi connectivity index (χ2n) is 9.06. The summed E-state index contributed by atoms with van der Waals surface area (Å²) in [6, 6.07) is 23.5. The van der Waals surface area contributed by atoms with Crippen LogP contribution in [0, 0.1) is 0 Å². The standard InChI is InChI=1S/C30H33N3O5/c1-3-17-37-27(29(35)32-26(19-34)22-9-5-4-6-10-22)18-21-13-15-23(16-14-21)38-20-28-31-25-12-8-7-11-24(25)30(36)33(28)2/h4-16,26-27,34H,3,17-20H2,1-2H3,(H,32,35). The molecular weight excluding hydrogens is 482 g/mol. The normalized spacial score (nSPS) is 12.7. The van der Waals surface area contributed by atoms with Crippen LogP contribution in [0.15, 0.2) is 83.7 Å². The van der Waals surface area contributed by atoms with Crippen LogP contribution < -0.4 is 15.6 Å². The van der Waals surface area contributed by atoms with Crippen molar-refractivity contribution < 1.29 is 19.4 Å². The summed E-state index contributed by atoms with van der Waals surface area (Å²) in [5.41, 5.74) is 2.26. The summed E-state index contributed by atoms with van der Waals surface area (Å²) >= 11 is 0. The van der Waals surface area contributed by atoms with E-state index in [-0.39, 0.29) is 24.7 Å². The topological polar surface area (TPSA) is 103 Å². The smallest absolute Gasteiger partial charge is 0.261 e. The minimum atomic E-state index is -0.698. The molecule has 2 unspecified atom stereocenters. The number of aliphatic hydroxyl groups excluding tert-OH is 1. The number of aromatic nitrogens is 2. The van der Waals surface area contributed by atoms with Crippen molar-refractivity contribution in [2.75, 3.05) is 13.2 Å². The molecule has 38 heavy (non-hydrogen) atoms. The van der Waals surface area contributed by atoms with E-state index in [1.54, 1.807) is 13.1 Å². The Hall–Kier alpha value is -4.01. The van der Waals surface area contributed by atoms with Gasteiger partial charge >= 0.3 is 0 Å². The number of hydrogen-bond donors (Lipinski definition) is 2. The number of nitrogens with zero attached hydrogens (tertiary/aromatic N) is 2. The number of hydrogen-bond acceptors (Lipinski definition) is 6. The van der Waals surface area contributed by atoms with Gasteiger partial charge in [0.1, 0.15) is 24.3 Å². The number of amides is 1. The van der Waals surface area contributed by atoms with Crippen LogP contribution in [0.1, 0.15) is 36.3 Å². The molecule has 0 saturated carbocycles. The summed E-state index contributed by atoms with van der Waals surface area (Å²) in [4.78, 5) is 30.2. The van der Waals surface area contributed by atoms with E-state index < -0.39 is 12.1 Å². The van der Waals surface area contributed by atoms with Gasteiger partial charge in [-0.15, -0.1) is 0 Å². The van der Waals surface area contributed by atoms with Crippen molar-refractivity contribution in [3.63, 3.8) is 0 Å². The maximum atomic E-state index is 13.1. The molecule has 1 aromatic heterocycles. The van der Waals surface area contributed by atoms with Crippen LogP contribution in [0.2, 0.25) is 0 Å². The van der Waals surface area contributed by atoms with Gasteiger partial charge in [-0.05, 0) is 41.8 Å². The van der Waals surface area contributed by atoms with E-state index in [0.29, 0.717) is 35.5 Å². The Morgan fingerprint density at radius 2 is 1.74 bits per heavy atom. The number of carbonyl (C=O) groups excluding carboxylic acids is 1. The summed E-state index contributed by atoms with van der Waals surface area (Å²) in [5, 5.41) is 13.3. The predicted octanol–water partition coefficient (Wildman–Crippen LogP) is 3.70. The number of benzene rings is 3. The van der Waals surface area contributed by atoms with Gasteiger partial charge in [0.25, 0.3) is 5.56 Å². The van der Waals surface area contributed by atoms with Gasteiger partial charge in [-0.2, -0.15) is 0 Å². The Morgan fingerprint density at radius 3 is 2.45 bits per heavy atom. The highest BCUT2D eigenvalue weighted by atomic mass is 16.5. The van der Waals surface area contributed by atoms with E-state index in [9.17, 15) is 14.7 Å². The number of aliphatic hydroxyl groups is 1. The molecule has 0 aliphatic heterocycles. The van der Waals surface area contributed by atoms with Gasteiger partial charge < -0.3 is 19.9 Å². The lowest BCUT2D eigenvalue weighted by Gasteiger charge is -2.22. The number of rotatable bonds is 12. The highest BCUT2D eigenvalue weighted by Crippen LogP contribution is 2.18. The van der Waals surface area contributed by atoms with E-state index in [2.05, 4.69) is 10.3 Å².